The quantitative estimate of drug-likeness (QED) is 0.0172. The number of allylic oxidation sites excluding steroid dienone is 6. The van der Waals surface area contributed by atoms with Gasteiger partial charge in [0.2, 0.25) is 0 Å². The molecule has 0 aliphatic carbocycles. The lowest BCUT2D eigenvalue weighted by Crippen LogP contribution is -2.61. The molecule has 0 radical (unpaired) electrons. The summed E-state index contributed by atoms with van der Waals surface area (Å²) < 4.78 is 33.6. The first-order chi connectivity index (χ1) is 34.5. The summed E-state index contributed by atoms with van der Waals surface area (Å²) in [6.45, 7) is 2.58. The first kappa shape index (κ1) is 64.8. The molecule has 15 nitrogen and oxygen atoms in total. The van der Waals surface area contributed by atoms with Gasteiger partial charge in [-0.15, -0.1) is 0 Å². The Labute approximate surface area is 427 Å². The third-order valence-electron chi connectivity index (χ3n) is 13.3. The van der Waals surface area contributed by atoms with Gasteiger partial charge >= 0.3 is 11.9 Å². The van der Waals surface area contributed by atoms with Crippen molar-refractivity contribution in [3.63, 3.8) is 0 Å². The zero-order chi connectivity index (χ0) is 51.7. The van der Waals surface area contributed by atoms with E-state index in [-0.39, 0.29) is 26.1 Å². The van der Waals surface area contributed by atoms with E-state index in [1.54, 1.807) is 0 Å². The van der Waals surface area contributed by atoms with Crippen LogP contribution in [0.25, 0.3) is 0 Å². The number of esters is 2. The minimum absolute atomic E-state index is 0.159. The molecule has 0 aromatic carbocycles. The van der Waals surface area contributed by atoms with Crippen molar-refractivity contribution in [2.45, 2.75) is 280 Å². The number of aliphatic hydroxyl groups is 7. The molecule has 2 heterocycles. The van der Waals surface area contributed by atoms with Crippen LogP contribution in [0.4, 0.5) is 0 Å². The zero-order valence-electron chi connectivity index (χ0n) is 44.0. The van der Waals surface area contributed by atoms with E-state index < -0.39 is 92.7 Å². The smallest absolute Gasteiger partial charge is 0.306 e. The van der Waals surface area contributed by atoms with Crippen molar-refractivity contribution >= 4 is 11.9 Å². The van der Waals surface area contributed by atoms with Gasteiger partial charge < -0.3 is 64.2 Å². The number of carbonyl (C=O) groups excluding carboxylic acids is 2. The zero-order valence-corrected chi connectivity index (χ0v) is 44.0. The Balaban J connectivity index is 1.77. The molecule has 0 spiro atoms. The Bertz CT molecular complexity index is 1380. The maximum Gasteiger partial charge on any atom is 0.306 e. The third kappa shape index (κ3) is 30.6. The Morgan fingerprint density at radius 1 is 0.451 bits per heavy atom. The van der Waals surface area contributed by atoms with E-state index in [2.05, 4.69) is 50.3 Å². The average molecular weight is 1010 g/mol. The molecule has 0 aromatic heterocycles. The molecular formula is C56H100O15. The van der Waals surface area contributed by atoms with Crippen LogP contribution < -0.4 is 0 Å². The van der Waals surface area contributed by atoms with Crippen LogP contribution in [0.15, 0.2) is 36.5 Å². The van der Waals surface area contributed by atoms with Crippen molar-refractivity contribution < 1.29 is 73.8 Å². The summed E-state index contributed by atoms with van der Waals surface area (Å²) in [5, 5.41) is 72.2. The van der Waals surface area contributed by atoms with Gasteiger partial charge in [-0.3, -0.25) is 9.59 Å². The van der Waals surface area contributed by atoms with Crippen LogP contribution in [-0.2, 0) is 38.0 Å². The molecule has 7 N–H and O–H groups in total. The first-order valence-electron chi connectivity index (χ1n) is 28.1. The van der Waals surface area contributed by atoms with Gasteiger partial charge in [-0.2, -0.15) is 0 Å². The van der Waals surface area contributed by atoms with Crippen molar-refractivity contribution in [3.05, 3.63) is 36.5 Å². The van der Waals surface area contributed by atoms with Crippen LogP contribution in [0.3, 0.4) is 0 Å². The molecule has 2 aliphatic rings. The lowest BCUT2D eigenvalue weighted by Gasteiger charge is -2.42. The van der Waals surface area contributed by atoms with Gasteiger partial charge in [-0.25, -0.2) is 0 Å². The normalized spacial score (nSPS) is 25.4. The van der Waals surface area contributed by atoms with Crippen LogP contribution in [0.2, 0.25) is 0 Å². The molecule has 2 fully saturated rings. The number of hydrogen-bond donors (Lipinski definition) is 7. The lowest BCUT2D eigenvalue weighted by atomic mass is 9.98. The summed E-state index contributed by atoms with van der Waals surface area (Å²) in [4.78, 5) is 25.8. The van der Waals surface area contributed by atoms with E-state index in [9.17, 15) is 45.3 Å². The maximum absolute atomic E-state index is 13.0. The molecule has 15 heteroatoms. The highest BCUT2D eigenvalue weighted by Gasteiger charge is 2.47. The Morgan fingerprint density at radius 3 is 1.32 bits per heavy atom. The molecule has 0 bridgehead atoms. The fourth-order valence-corrected chi connectivity index (χ4v) is 8.71. The fraction of sp³-hybridized carbons (Fsp3) is 0.857. The first-order valence-corrected chi connectivity index (χ1v) is 28.1. The molecule has 0 amide bonds. The molecule has 2 saturated heterocycles. The van der Waals surface area contributed by atoms with Gasteiger partial charge in [-0.1, -0.05) is 166 Å². The predicted octanol–water partition coefficient (Wildman–Crippen LogP) is 8.88. The number of hydrogen-bond acceptors (Lipinski definition) is 15. The fourth-order valence-electron chi connectivity index (χ4n) is 8.71. The molecule has 11 atom stereocenters. The van der Waals surface area contributed by atoms with E-state index in [0.29, 0.717) is 12.8 Å². The number of rotatable bonds is 44. The highest BCUT2D eigenvalue weighted by atomic mass is 16.7. The lowest BCUT2D eigenvalue weighted by molar-refractivity contribution is -0.332. The van der Waals surface area contributed by atoms with Crippen LogP contribution in [0.5, 0.6) is 0 Å². The molecule has 2 rings (SSSR count). The highest BCUT2D eigenvalue weighted by molar-refractivity contribution is 5.70. The van der Waals surface area contributed by atoms with E-state index in [4.69, 9.17) is 28.4 Å². The van der Waals surface area contributed by atoms with Gasteiger partial charge in [0, 0.05) is 12.8 Å². The van der Waals surface area contributed by atoms with Gasteiger partial charge in [-0.05, 0) is 70.6 Å². The number of aliphatic hydroxyl groups excluding tert-OH is 7. The topological polar surface area (TPSA) is 231 Å². The molecule has 2 aliphatic heterocycles. The van der Waals surface area contributed by atoms with Gasteiger partial charge in [0.25, 0.3) is 0 Å². The second-order valence-corrected chi connectivity index (χ2v) is 19.8. The van der Waals surface area contributed by atoms with Gasteiger partial charge in [0.15, 0.2) is 18.7 Å². The second kappa shape index (κ2) is 43.0. The van der Waals surface area contributed by atoms with Gasteiger partial charge in [0.1, 0.15) is 55.4 Å². The van der Waals surface area contributed by atoms with Crippen LogP contribution in [-0.4, -0.2) is 142 Å². The van der Waals surface area contributed by atoms with E-state index in [1.165, 1.54) is 96.3 Å². The van der Waals surface area contributed by atoms with Crippen molar-refractivity contribution in [2.75, 3.05) is 26.4 Å². The molecule has 414 valence electrons. The van der Waals surface area contributed by atoms with Crippen LogP contribution in [0, 0.1) is 0 Å². The second-order valence-electron chi connectivity index (χ2n) is 19.8. The SMILES string of the molecule is CCCCCCC/C=C\C/C=C\CCCCCCCCCCCC(=O)OC(COC(=O)CCCCCCC/C=C\CCCCCCC)COC1OC(COC2OC(CO)C(O)C(O)C2O)C(O)C(O)C1O. The summed E-state index contributed by atoms with van der Waals surface area (Å²) in [6.07, 6.45) is 30.2. The number of carbonyl (C=O) groups is 2. The van der Waals surface area contributed by atoms with Crippen LogP contribution >= 0.6 is 0 Å². The Hall–Kier alpha value is -2.28. The highest BCUT2D eigenvalue weighted by Crippen LogP contribution is 2.27. The number of unbranched alkanes of at least 4 members (excludes halogenated alkanes) is 24. The summed E-state index contributed by atoms with van der Waals surface area (Å²) in [5.74, 6) is -0.935. The summed E-state index contributed by atoms with van der Waals surface area (Å²) in [5.41, 5.74) is 0. The molecule has 0 aromatic rings. The van der Waals surface area contributed by atoms with E-state index in [1.807, 2.05) is 0 Å². The third-order valence-corrected chi connectivity index (χ3v) is 13.3. The number of ether oxygens (including phenoxy) is 6. The van der Waals surface area contributed by atoms with Crippen molar-refractivity contribution in [1.82, 2.24) is 0 Å². The molecule has 0 saturated carbocycles. The minimum atomic E-state index is -1.77. The van der Waals surface area contributed by atoms with E-state index in [0.717, 1.165) is 77.0 Å². The largest absolute Gasteiger partial charge is 0.462 e. The van der Waals surface area contributed by atoms with Crippen molar-refractivity contribution in [1.29, 1.82) is 0 Å². The van der Waals surface area contributed by atoms with E-state index >= 15 is 0 Å². The molecule has 71 heavy (non-hydrogen) atoms. The van der Waals surface area contributed by atoms with Crippen molar-refractivity contribution in [3.8, 4) is 0 Å². The standard InChI is InChI=1S/C56H100O15/c1-3-5-7-9-11-13-15-17-19-20-21-22-23-24-25-27-29-31-33-35-37-39-48(59)69-44(41-66-47(58)38-36-34-32-30-28-26-18-16-14-12-10-8-6-4-2)42-67-55-54(65)52(63)50(61)46(71-55)43-68-56-53(64)51(62)49(60)45(40-57)70-56/h15-18,20-21,44-46,49-57,60-65H,3-14,19,22-43H2,1-2H3/b17-15-,18-16-,21-20-. The van der Waals surface area contributed by atoms with Gasteiger partial charge in [0.05, 0.1) is 19.8 Å². The average Bonchev–Trinajstić information content (AvgIpc) is 3.36. The molecule has 11 unspecified atom stereocenters. The van der Waals surface area contributed by atoms with Crippen molar-refractivity contribution in [2.24, 2.45) is 0 Å². The monoisotopic (exact) mass is 1010 g/mol. The predicted molar refractivity (Wildman–Crippen MR) is 275 cm³/mol. The molecular weight excluding hydrogens is 913 g/mol. The summed E-state index contributed by atoms with van der Waals surface area (Å²) in [6, 6.07) is 0. The summed E-state index contributed by atoms with van der Waals surface area (Å²) in [7, 11) is 0. The Kier molecular flexibility index (Phi) is 39.3. The summed E-state index contributed by atoms with van der Waals surface area (Å²) >= 11 is 0. The van der Waals surface area contributed by atoms with Crippen LogP contribution in [0.1, 0.15) is 213 Å². The maximum atomic E-state index is 13.0. The Morgan fingerprint density at radius 2 is 0.845 bits per heavy atom. The minimum Gasteiger partial charge on any atom is -0.462 e.